The van der Waals surface area contributed by atoms with Gasteiger partial charge in [-0.25, -0.2) is 0 Å². The van der Waals surface area contributed by atoms with Crippen molar-refractivity contribution in [3.63, 3.8) is 0 Å². The molecule has 5 nitrogen and oxygen atoms in total. The van der Waals surface area contributed by atoms with Crippen molar-refractivity contribution in [2.75, 3.05) is 7.11 Å². The van der Waals surface area contributed by atoms with Gasteiger partial charge in [0.05, 0.1) is 7.11 Å². The fraction of sp³-hybridized carbons (Fsp3) is 0.222. The molecule has 2 aromatic rings. The minimum Gasteiger partial charge on any atom is -0.497 e. The van der Waals surface area contributed by atoms with E-state index in [9.17, 15) is 9.59 Å². The number of primary amides is 1. The number of carbonyl (C=O) groups is 2. The highest BCUT2D eigenvalue weighted by Crippen LogP contribution is 2.13. The highest BCUT2D eigenvalue weighted by Gasteiger charge is 2.24. The third-order valence-corrected chi connectivity index (χ3v) is 3.54. The summed E-state index contributed by atoms with van der Waals surface area (Å²) in [5.41, 5.74) is 7.17. The summed E-state index contributed by atoms with van der Waals surface area (Å²) in [5.74, 6) is -1.17. The van der Waals surface area contributed by atoms with E-state index in [1.165, 1.54) is 0 Å². The molecule has 0 spiro atoms. The summed E-state index contributed by atoms with van der Waals surface area (Å²) >= 11 is 0. The van der Waals surface area contributed by atoms with Gasteiger partial charge in [-0.1, -0.05) is 42.5 Å². The lowest BCUT2D eigenvalue weighted by atomic mass is 9.98. The molecule has 0 aliphatic heterocycles. The van der Waals surface area contributed by atoms with Crippen molar-refractivity contribution in [2.45, 2.75) is 13.0 Å². The maximum Gasteiger partial charge on any atom is 0.233 e. The molecular weight excluding hydrogens is 292 g/mol. The Morgan fingerprint density at radius 2 is 1.78 bits per heavy atom. The van der Waals surface area contributed by atoms with Crippen LogP contribution in [0, 0.1) is 5.92 Å². The first kappa shape index (κ1) is 16.5. The standard InChI is InChI=1S/C18H20N2O3/c1-23-15-9-5-8-14(10-15)12-20-18(22)16(17(19)21)11-13-6-3-2-4-7-13/h2-10,16H,11-12H2,1H3,(H2,19,21)(H,20,22). The second kappa shape index (κ2) is 7.98. The van der Waals surface area contributed by atoms with Gasteiger partial charge in [-0.3, -0.25) is 9.59 Å². The first-order valence-corrected chi connectivity index (χ1v) is 7.34. The van der Waals surface area contributed by atoms with Crippen LogP contribution in [0.5, 0.6) is 5.75 Å². The zero-order valence-corrected chi connectivity index (χ0v) is 13.0. The maximum atomic E-state index is 12.3. The first-order chi connectivity index (χ1) is 11.1. The number of nitrogens with one attached hydrogen (secondary N) is 1. The summed E-state index contributed by atoms with van der Waals surface area (Å²) in [6, 6.07) is 16.7. The Morgan fingerprint density at radius 1 is 1.09 bits per heavy atom. The molecule has 1 unspecified atom stereocenters. The number of nitrogens with two attached hydrogens (primary N) is 1. The van der Waals surface area contributed by atoms with Gasteiger partial charge in [-0.15, -0.1) is 0 Å². The predicted octanol–water partition coefficient (Wildman–Crippen LogP) is 1.66. The summed E-state index contributed by atoms with van der Waals surface area (Å²) in [4.78, 5) is 23.9. The highest BCUT2D eigenvalue weighted by molar-refractivity contribution is 5.99. The second-order valence-electron chi connectivity index (χ2n) is 5.21. The fourth-order valence-corrected chi connectivity index (χ4v) is 2.27. The van der Waals surface area contributed by atoms with E-state index >= 15 is 0 Å². The Hall–Kier alpha value is -2.82. The molecule has 0 aromatic heterocycles. The lowest BCUT2D eigenvalue weighted by Crippen LogP contribution is -2.39. The molecule has 2 rings (SSSR count). The van der Waals surface area contributed by atoms with Crippen molar-refractivity contribution in [1.82, 2.24) is 5.32 Å². The van der Waals surface area contributed by atoms with E-state index < -0.39 is 11.8 Å². The Labute approximate surface area is 135 Å². The van der Waals surface area contributed by atoms with Crippen LogP contribution in [0.2, 0.25) is 0 Å². The van der Waals surface area contributed by atoms with E-state index in [2.05, 4.69) is 5.32 Å². The molecule has 2 amide bonds. The number of hydrogen-bond acceptors (Lipinski definition) is 3. The number of rotatable bonds is 7. The summed E-state index contributed by atoms with van der Waals surface area (Å²) in [5, 5.41) is 2.76. The van der Waals surface area contributed by atoms with Gasteiger partial charge < -0.3 is 15.8 Å². The number of amides is 2. The van der Waals surface area contributed by atoms with Crippen LogP contribution in [-0.2, 0) is 22.6 Å². The SMILES string of the molecule is COc1cccc(CNC(=O)C(Cc2ccccc2)C(N)=O)c1. The lowest BCUT2D eigenvalue weighted by Gasteiger charge is -2.14. The van der Waals surface area contributed by atoms with Gasteiger partial charge in [0.1, 0.15) is 11.7 Å². The molecule has 0 bridgehead atoms. The van der Waals surface area contributed by atoms with Gasteiger partial charge in [0.15, 0.2) is 0 Å². The van der Waals surface area contributed by atoms with E-state index in [-0.39, 0.29) is 5.91 Å². The Balaban J connectivity index is 1.99. The molecule has 2 aromatic carbocycles. The quantitative estimate of drug-likeness (QED) is 0.763. The van der Waals surface area contributed by atoms with Crippen LogP contribution in [0.25, 0.3) is 0 Å². The van der Waals surface area contributed by atoms with Crippen LogP contribution in [-0.4, -0.2) is 18.9 Å². The monoisotopic (exact) mass is 312 g/mol. The average Bonchev–Trinajstić information content (AvgIpc) is 2.58. The highest BCUT2D eigenvalue weighted by atomic mass is 16.5. The Bertz CT molecular complexity index is 671. The van der Waals surface area contributed by atoms with Crippen LogP contribution in [0.4, 0.5) is 0 Å². The number of benzene rings is 2. The van der Waals surface area contributed by atoms with Gasteiger partial charge in [-0.2, -0.15) is 0 Å². The number of methoxy groups -OCH3 is 1. The minimum absolute atomic E-state index is 0.292. The maximum absolute atomic E-state index is 12.3. The van der Waals surface area contributed by atoms with E-state index in [4.69, 9.17) is 10.5 Å². The Morgan fingerprint density at radius 3 is 2.43 bits per heavy atom. The molecule has 120 valence electrons. The molecule has 0 heterocycles. The molecule has 0 fully saturated rings. The topological polar surface area (TPSA) is 81.4 Å². The molecule has 0 aliphatic rings. The molecule has 0 saturated heterocycles. The van der Waals surface area contributed by atoms with Crippen molar-refractivity contribution in [3.8, 4) is 5.75 Å². The van der Waals surface area contributed by atoms with Crippen molar-refractivity contribution < 1.29 is 14.3 Å². The van der Waals surface area contributed by atoms with Gasteiger partial charge >= 0.3 is 0 Å². The molecule has 5 heteroatoms. The second-order valence-corrected chi connectivity index (χ2v) is 5.21. The molecular formula is C18H20N2O3. The van der Waals surface area contributed by atoms with Crippen LogP contribution in [0.1, 0.15) is 11.1 Å². The van der Waals surface area contributed by atoms with E-state index in [0.29, 0.717) is 18.7 Å². The smallest absolute Gasteiger partial charge is 0.233 e. The third kappa shape index (κ3) is 4.85. The lowest BCUT2D eigenvalue weighted by molar-refractivity contribution is -0.133. The first-order valence-electron chi connectivity index (χ1n) is 7.34. The van der Waals surface area contributed by atoms with Crippen LogP contribution >= 0.6 is 0 Å². The summed E-state index contributed by atoms with van der Waals surface area (Å²) in [7, 11) is 1.58. The minimum atomic E-state index is -0.886. The molecule has 1 atom stereocenters. The molecule has 23 heavy (non-hydrogen) atoms. The Kier molecular flexibility index (Phi) is 5.74. The summed E-state index contributed by atoms with van der Waals surface area (Å²) < 4.78 is 5.14. The zero-order chi connectivity index (χ0) is 16.7. The molecule has 3 N–H and O–H groups in total. The van der Waals surface area contributed by atoms with Crippen LogP contribution in [0.3, 0.4) is 0 Å². The number of ether oxygens (including phenoxy) is 1. The van der Waals surface area contributed by atoms with Crippen LogP contribution < -0.4 is 15.8 Å². The molecule has 0 radical (unpaired) electrons. The van der Waals surface area contributed by atoms with E-state index in [0.717, 1.165) is 11.1 Å². The van der Waals surface area contributed by atoms with Gasteiger partial charge in [0.25, 0.3) is 0 Å². The fourth-order valence-electron chi connectivity index (χ4n) is 2.27. The number of carbonyl (C=O) groups excluding carboxylic acids is 2. The normalized spacial score (nSPS) is 11.5. The van der Waals surface area contributed by atoms with Crippen molar-refractivity contribution in [1.29, 1.82) is 0 Å². The van der Waals surface area contributed by atoms with Gasteiger partial charge in [0, 0.05) is 6.54 Å². The summed E-state index contributed by atoms with van der Waals surface area (Å²) in [6.45, 7) is 0.314. The number of hydrogen-bond donors (Lipinski definition) is 2. The predicted molar refractivity (Wildman–Crippen MR) is 87.7 cm³/mol. The van der Waals surface area contributed by atoms with Gasteiger partial charge in [-0.05, 0) is 29.7 Å². The summed E-state index contributed by atoms with van der Waals surface area (Å²) in [6.07, 6.45) is 0.292. The average molecular weight is 312 g/mol. The molecule has 0 aliphatic carbocycles. The van der Waals surface area contributed by atoms with Gasteiger partial charge in [0.2, 0.25) is 11.8 Å². The zero-order valence-electron chi connectivity index (χ0n) is 13.0. The molecule has 0 saturated carbocycles. The van der Waals surface area contributed by atoms with Crippen molar-refractivity contribution >= 4 is 11.8 Å². The largest absolute Gasteiger partial charge is 0.497 e. The van der Waals surface area contributed by atoms with Crippen molar-refractivity contribution in [2.24, 2.45) is 11.7 Å². The van der Waals surface area contributed by atoms with E-state index in [1.807, 2.05) is 54.6 Å². The van der Waals surface area contributed by atoms with E-state index in [1.54, 1.807) is 7.11 Å². The third-order valence-electron chi connectivity index (χ3n) is 3.54. The van der Waals surface area contributed by atoms with Crippen LogP contribution in [0.15, 0.2) is 54.6 Å². The van der Waals surface area contributed by atoms with Crippen molar-refractivity contribution in [3.05, 3.63) is 65.7 Å².